The minimum absolute atomic E-state index is 0.125. The van der Waals surface area contributed by atoms with Gasteiger partial charge in [0, 0.05) is 23.0 Å². The van der Waals surface area contributed by atoms with E-state index in [0.717, 1.165) is 21.5 Å². The molecule has 0 atom stereocenters. The maximum absolute atomic E-state index is 11.7. The highest BCUT2D eigenvalue weighted by atomic mass is 32.1. The van der Waals surface area contributed by atoms with Crippen molar-refractivity contribution in [1.82, 2.24) is 10.3 Å². The average molecular weight is 271 g/mol. The number of fused-ring (bicyclic) bond motifs is 1. The van der Waals surface area contributed by atoms with Crippen LogP contribution in [0.5, 0.6) is 0 Å². The molecular formula is C14H13N3OS. The van der Waals surface area contributed by atoms with Crippen LogP contribution in [0.3, 0.4) is 0 Å². The number of hydrogen-bond donors (Lipinski definition) is 1. The lowest BCUT2D eigenvalue weighted by molar-refractivity contribution is -0.117. The molecule has 2 rings (SSSR count). The second kappa shape index (κ2) is 6.12. The number of carbonyl (C=O) groups excluding carboxylic acids is 1. The van der Waals surface area contributed by atoms with Crippen LogP contribution in [0.15, 0.2) is 30.0 Å². The first kappa shape index (κ1) is 13.2. The summed E-state index contributed by atoms with van der Waals surface area (Å²) in [6.07, 6.45) is 4.18. The molecule has 1 amide bonds. The van der Waals surface area contributed by atoms with E-state index < -0.39 is 0 Å². The third kappa shape index (κ3) is 3.18. The van der Waals surface area contributed by atoms with Crippen LogP contribution in [0.4, 0.5) is 0 Å². The number of rotatable bonds is 4. The average Bonchev–Trinajstić information content (AvgIpc) is 2.84. The molecule has 0 fully saturated rings. The van der Waals surface area contributed by atoms with Gasteiger partial charge < -0.3 is 5.32 Å². The summed E-state index contributed by atoms with van der Waals surface area (Å²) < 4.78 is 0. The Bertz CT molecular complexity index is 634. The van der Waals surface area contributed by atoms with Gasteiger partial charge in [0.05, 0.1) is 0 Å². The molecule has 4 nitrogen and oxygen atoms in total. The second-order valence-corrected chi connectivity index (χ2v) is 5.03. The predicted molar refractivity (Wildman–Crippen MR) is 76.5 cm³/mol. The Morgan fingerprint density at radius 1 is 1.63 bits per heavy atom. The monoisotopic (exact) mass is 271 g/mol. The number of nitrogens with zero attached hydrogens (tertiary/aromatic N) is 2. The van der Waals surface area contributed by atoms with Gasteiger partial charge in [-0.05, 0) is 24.6 Å². The third-order valence-electron chi connectivity index (χ3n) is 2.50. The van der Waals surface area contributed by atoms with E-state index in [0.29, 0.717) is 6.54 Å². The molecule has 96 valence electrons. The van der Waals surface area contributed by atoms with Crippen molar-refractivity contribution in [3.8, 4) is 6.07 Å². The van der Waals surface area contributed by atoms with Crippen molar-refractivity contribution in [2.24, 2.45) is 0 Å². The fraction of sp³-hybridized carbons (Fsp3) is 0.214. The zero-order valence-corrected chi connectivity index (χ0v) is 11.3. The molecule has 0 aliphatic rings. The van der Waals surface area contributed by atoms with Crippen molar-refractivity contribution < 1.29 is 4.79 Å². The Hall–Kier alpha value is -2.19. The van der Waals surface area contributed by atoms with Gasteiger partial charge in [-0.1, -0.05) is 13.0 Å². The molecule has 0 aliphatic heterocycles. The molecule has 0 saturated carbocycles. The topological polar surface area (TPSA) is 65.8 Å². The molecule has 2 heterocycles. The summed E-state index contributed by atoms with van der Waals surface area (Å²) in [6, 6.07) is 7.69. The molecule has 0 bridgehead atoms. The lowest BCUT2D eigenvalue weighted by Gasteiger charge is -2.00. The molecule has 0 radical (unpaired) electrons. The molecule has 5 heteroatoms. The van der Waals surface area contributed by atoms with E-state index in [1.807, 2.05) is 31.2 Å². The van der Waals surface area contributed by atoms with Crippen molar-refractivity contribution >= 4 is 33.5 Å². The van der Waals surface area contributed by atoms with Crippen LogP contribution in [-0.2, 0) is 4.79 Å². The Balaban J connectivity index is 2.27. The molecule has 0 aliphatic carbocycles. The van der Waals surface area contributed by atoms with Crippen molar-refractivity contribution in [2.45, 2.75) is 13.3 Å². The quantitative estimate of drug-likeness (QED) is 0.687. The minimum Gasteiger partial charge on any atom is -0.351 e. The molecule has 0 aromatic carbocycles. The summed E-state index contributed by atoms with van der Waals surface area (Å²) in [5, 5.41) is 12.8. The van der Waals surface area contributed by atoms with Gasteiger partial charge in [0.25, 0.3) is 5.91 Å². The molecule has 19 heavy (non-hydrogen) atoms. The Kier molecular flexibility index (Phi) is 4.26. The maximum Gasteiger partial charge on any atom is 0.261 e. The van der Waals surface area contributed by atoms with Crippen LogP contribution in [0.2, 0.25) is 0 Å². The van der Waals surface area contributed by atoms with Crippen LogP contribution in [0.25, 0.3) is 16.3 Å². The van der Waals surface area contributed by atoms with Crippen molar-refractivity contribution in [1.29, 1.82) is 5.26 Å². The van der Waals surface area contributed by atoms with Crippen LogP contribution in [0.1, 0.15) is 18.2 Å². The molecule has 2 aromatic rings. The number of nitriles is 1. The van der Waals surface area contributed by atoms with Gasteiger partial charge >= 0.3 is 0 Å². The number of carbonyl (C=O) groups is 1. The highest BCUT2D eigenvalue weighted by Crippen LogP contribution is 2.25. The number of pyridine rings is 1. The molecular weight excluding hydrogens is 258 g/mol. The third-order valence-corrected chi connectivity index (χ3v) is 3.51. The first-order valence-corrected chi connectivity index (χ1v) is 6.80. The summed E-state index contributed by atoms with van der Waals surface area (Å²) in [5.74, 6) is -0.324. The number of hydrogen-bond acceptors (Lipinski definition) is 4. The fourth-order valence-electron chi connectivity index (χ4n) is 1.59. The van der Waals surface area contributed by atoms with E-state index in [2.05, 4.69) is 10.3 Å². The summed E-state index contributed by atoms with van der Waals surface area (Å²) in [5.41, 5.74) is 0.125. The van der Waals surface area contributed by atoms with Crippen molar-refractivity contribution in [3.05, 3.63) is 34.8 Å². The van der Waals surface area contributed by atoms with Crippen LogP contribution < -0.4 is 5.32 Å². The van der Waals surface area contributed by atoms with Crippen molar-refractivity contribution in [2.75, 3.05) is 6.54 Å². The molecule has 1 N–H and O–H groups in total. The zero-order valence-electron chi connectivity index (χ0n) is 10.5. The number of thiophene rings is 1. The van der Waals surface area contributed by atoms with E-state index in [1.165, 1.54) is 11.3 Å². The summed E-state index contributed by atoms with van der Waals surface area (Å²) >= 11 is 1.46. The van der Waals surface area contributed by atoms with E-state index in [-0.39, 0.29) is 11.5 Å². The highest BCUT2D eigenvalue weighted by molar-refractivity contribution is 7.19. The molecule has 2 aromatic heterocycles. The van der Waals surface area contributed by atoms with Gasteiger partial charge in [-0.3, -0.25) is 4.79 Å². The summed E-state index contributed by atoms with van der Waals surface area (Å²) in [7, 11) is 0. The minimum atomic E-state index is -0.324. The van der Waals surface area contributed by atoms with Gasteiger partial charge in [0.2, 0.25) is 0 Å². The van der Waals surface area contributed by atoms with Gasteiger partial charge in [-0.2, -0.15) is 5.26 Å². The van der Waals surface area contributed by atoms with Gasteiger partial charge in [0.1, 0.15) is 16.5 Å². The molecule has 0 unspecified atom stereocenters. The van der Waals surface area contributed by atoms with E-state index in [1.54, 1.807) is 12.3 Å². The lowest BCUT2D eigenvalue weighted by atomic mass is 10.2. The Labute approximate surface area is 115 Å². The Morgan fingerprint density at radius 3 is 3.16 bits per heavy atom. The summed E-state index contributed by atoms with van der Waals surface area (Å²) in [4.78, 5) is 17.7. The van der Waals surface area contributed by atoms with Gasteiger partial charge in [-0.25, -0.2) is 4.98 Å². The first-order valence-electron chi connectivity index (χ1n) is 5.99. The largest absolute Gasteiger partial charge is 0.351 e. The molecule has 0 spiro atoms. The predicted octanol–water partition coefficient (Wildman–Crippen LogP) is 2.73. The number of amides is 1. The summed E-state index contributed by atoms with van der Waals surface area (Å²) in [6.45, 7) is 2.54. The van der Waals surface area contributed by atoms with E-state index in [9.17, 15) is 4.79 Å². The highest BCUT2D eigenvalue weighted by Gasteiger charge is 2.09. The van der Waals surface area contributed by atoms with Crippen LogP contribution in [0, 0.1) is 11.3 Å². The molecule has 0 saturated heterocycles. The normalized spacial score (nSPS) is 11.3. The number of nitrogens with one attached hydrogen (secondary N) is 1. The van der Waals surface area contributed by atoms with Crippen molar-refractivity contribution in [3.63, 3.8) is 0 Å². The SMILES string of the molecule is CCCNC(=O)/C(C#N)=C\c1cc2cccnc2s1. The Morgan fingerprint density at radius 2 is 2.47 bits per heavy atom. The smallest absolute Gasteiger partial charge is 0.261 e. The fourth-order valence-corrected chi connectivity index (χ4v) is 2.53. The van der Waals surface area contributed by atoms with Crippen LogP contribution in [-0.4, -0.2) is 17.4 Å². The van der Waals surface area contributed by atoms with Gasteiger partial charge in [-0.15, -0.1) is 11.3 Å². The van der Waals surface area contributed by atoms with Gasteiger partial charge in [0.15, 0.2) is 0 Å². The number of aromatic nitrogens is 1. The lowest BCUT2D eigenvalue weighted by Crippen LogP contribution is -2.24. The standard InChI is InChI=1S/C14H13N3OS/c1-2-5-16-13(18)11(9-15)8-12-7-10-4-3-6-17-14(10)19-12/h3-4,6-8H,2,5H2,1H3,(H,16,18)/b11-8-. The maximum atomic E-state index is 11.7. The van der Waals surface area contributed by atoms with E-state index >= 15 is 0 Å². The van der Waals surface area contributed by atoms with E-state index in [4.69, 9.17) is 5.26 Å². The van der Waals surface area contributed by atoms with Crippen LogP contribution >= 0.6 is 11.3 Å². The first-order chi connectivity index (χ1) is 9.24. The second-order valence-electron chi connectivity index (χ2n) is 3.97. The zero-order chi connectivity index (χ0) is 13.7.